The highest BCUT2D eigenvalue weighted by Crippen LogP contribution is 2.29. The Balaban J connectivity index is 2.16. The van der Waals surface area contributed by atoms with Crippen LogP contribution in [0.4, 0.5) is 5.69 Å². The Morgan fingerprint density at radius 3 is 2.68 bits per heavy atom. The van der Waals surface area contributed by atoms with Crippen LogP contribution in [0.3, 0.4) is 0 Å². The summed E-state index contributed by atoms with van der Waals surface area (Å²) in [5, 5.41) is 11.2. The highest BCUT2D eigenvalue weighted by molar-refractivity contribution is 7.91. The molecule has 0 unspecified atom stereocenters. The number of carbonyl (C=O) groups excluding carboxylic acids is 1. The summed E-state index contributed by atoms with van der Waals surface area (Å²) in [6, 6.07) is 4.14. The molecule has 0 aromatic heterocycles. The zero-order valence-corrected chi connectivity index (χ0v) is 15.3. The van der Waals surface area contributed by atoms with Crippen molar-refractivity contribution in [2.24, 2.45) is 0 Å². The van der Waals surface area contributed by atoms with E-state index in [9.17, 15) is 23.3 Å². The fourth-order valence-corrected chi connectivity index (χ4v) is 4.69. The van der Waals surface area contributed by atoms with Gasteiger partial charge in [0, 0.05) is 18.7 Å². The molecule has 1 aliphatic rings. The first-order chi connectivity index (χ1) is 11.6. The number of amides is 1. The molecule has 1 aromatic rings. The Hall–Kier alpha value is -2.16. The molecule has 0 saturated carbocycles. The molecular formula is C16H22N2O6S. The highest BCUT2D eigenvalue weighted by atomic mass is 32.2. The van der Waals surface area contributed by atoms with Crippen molar-refractivity contribution < 1.29 is 22.9 Å². The predicted octanol–water partition coefficient (Wildman–Crippen LogP) is 1.71. The monoisotopic (exact) mass is 370 g/mol. The lowest BCUT2D eigenvalue weighted by molar-refractivity contribution is -0.386. The van der Waals surface area contributed by atoms with Crippen molar-refractivity contribution in [2.45, 2.75) is 39.3 Å². The van der Waals surface area contributed by atoms with Gasteiger partial charge in [0.2, 0.25) is 0 Å². The summed E-state index contributed by atoms with van der Waals surface area (Å²) >= 11 is 0. The molecule has 1 aromatic carbocycles. The van der Waals surface area contributed by atoms with Gasteiger partial charge in [-0.2, -0.15) is 0 Å². The number of carbonyl (C=O) groups is 1. The largest absolute Gasteiger partial charge is 0.474 e. The van der Waals surface area contributed by atoms with E-state index >= 15 is 0 Å². The first-order valence-electron chi connectivity index (χ1n) is 8.07. The predicted molar refractivity (Wildman–Crippen MR) is 92.4 cm³/mol. The highest BCUT2D eigenvalue weighted by Gasteiger charge is 2.36. The van der Waals surface area contributed by atoms with Crippen LogP contribution in [-0.2, 0) is 14.6 Å². The van der Waals surface area contributed by atoms with Gasteiger partial charge in [-0.15, -0.1) is 0 Å². The molecule has 8 nitrogen and oxygen atoms in total. The van der Waals surface area contributed by atoms with Gasteiger partial charge in [0.15, 0.2) is 21.7 Å². The van der Waals surface area contributed by atoms with Gasteiger partial charge < -0.3 is 9.64 Å². The zero-order chi connectivity index (χ0) is 18.8. The molecule has 9 heteroatoms. The molecule has 1 saturated heterocycles. The van der Waals surface area contributed by atoms with Gasteiger partial charge in [0.1, 0.15) is 0 Å². The van der Waals surface area contributed by atoms with E-state index in [1.807, 2.05) is 0 Å². The fraction of sp³-hybridized carbons (Fsp3) is 0.562. The summed E-state index contributed by atoms with van der Waals surface area (Å²) in [6.07, 6.45) is -0.552. The minimum Gasteiger partial charge on any atom is -0.474 e. The van der Waals surface area contributed by atoms with E-state index in [1.165, 1.54) is 24.0 Å². The topological polar surface area (TPSA) is 107 Å². The van der Waals surface area contributed by atoms with Gasteiger partial charge in [-0.05, 0) is 38.8 Å². The van der Waals surface area contributed by atoms with E-state index in [4.69, 9.17) is 4.74 Å². The molecule has 0 aliphatic carbocycles. The lowest BCUT2D eigenvalue weighted by atomic mass is 10.2. The average molecular weight is 370 g/mol. The van der Waals surface area contributed by atoms with Crippen LogP contribution in [0.1, 0.15) is 25.8 Å². The molecule has 25 heavy (non-hydrogen) atoms. The van der Waals surface area contributed by atoms with Crippen LogP contribution in [0.2, 0.25) is 0 Å². The average Bonchev–Trinajstić information content (AvgIpc) is 2.89. The fourth-order valence-electron chi connectivity index (χ4n) is 2.96. The summed E-state index contributed by atoms with van der Waals surface area (Å²) < 4.78 is 28.8. The number of likely N-dealkylation sites (N-methyl/N-ethyl adjacent to an activating group) is 1. The Kier molecular flexibility index (Phi) is 5.66. The van der Waals surface area contributed by atoms with E-state index in [0.717, 1.165) is 0 Å². The Bertz CT molecular complexity index is 777. The first kappa shape index (κ1) is 19.2. The number of rotatable bonds is 6. The van der Waals surface area contributed by atoms with Crippen molar-refractivity contribution in [3.8, 4) is 5.75 Å². The minimum absolute atomic E-state index is 0.0200. The second-order valence-corrected chi connectivity index (χ2v) is 8.40. The minimum atomic E-state index is -3.12. The van der Waals surface area contributed by atoms with Gasteiger partial charge in [0.25, 0.3) is 5.91 Å². The third-order valence-corrected chi connectivity index (χ3v) is 5.99. The summed E-state index contributed by atoms with van der Waals surface area (Å²) in [6.45, 7) is 5.36. The van der Waals surface area contributed by atoms with Crippen LogP contribution < -0.4 is 4.74 Å². The second kappa shape index (κ2) is 7.38. The quantitative estimate of drug-likeness (QED) is 0.557. The van der Waals surface area contributed by atoms with Gasteiger partial charge >= 0.3 is 5.69 Å². The van der Waals surface area contributed by atoms with Gasteiger partial charge in [0.05, 0.1) is 16.4 Å². The van der Waals surface area contributed by atoms with Gasteiger partial charge in [-0.1, -0.05) is 6.07 Å². The van der Waals surface area contributed by atoms with Gasteiger partial charge in [-0.25, -0.2) is 8.42 Å². The number of nitro benzene ring substituents is 1. The molecule has 1 heterocycles. The Morgan fingerprint density at radius 1 is 1.48 bits per heavy atom. The molecule has 1 aliphatic heterocycles. The van der Waals surface area contributed by atoms with E-state index in [-0.39, 0.29) is 34.9 Å². The van der Waals surface area contributed by atoms with E-state index < -0.39 is 20.9 Å². The maximum absolute atomic E-state index is 12.7. The SMILES string of the molecule is CCN(C(=O)[C@H](C)Oc1ccc(C)cc1[N+](=O)[O-])[C@@H]1CCS(=O)(=O)C1. The molecule has 1 amide bonds. The third kappa shape index (κ3) is 4.47. The number of nitrogens with zero attached hydrogens (tertiary/aromatic N) is 2. The van der Waals surface area contributed by atoms with Crippen molar-refractivity contribution in [3.05, 3.63) is 33.9 Å². The van der Waals surface area contributed by atoms with E-state index in [1.54, 1.807) is 19.9 Å². The number of ether oxygens (including phenoxy) is 1. The summed E-state index contributed by atoms with van der Waals surface area (Å²) in [5.41, 5.74) is 0.510. The zero-order valence-electron chi connectivity index (χ0n) is 14.5. The normalized spacial score (nSPS) is 20.0. The van der Waals surface area contributed by atoms with E-state index in [2.05, 4.69) is 0 Å². The summed E-state index contributed by atoms with van der Waals surface area (Å²) in [4.78, 5) is 24.7. The van der Waals surface area contributed by atoms with Crippen molar-refractivity contribution in [1.82, 2.24) is 4.90 Å². The number of sulfone groups is 1. The number of benzene rings is 1. The number of nitro groups is 1. The lowest BCUT2D eigenvalue weighted by Crippen LogP contribution is -2.46. The molecule has 138 valence electrons. The van der Waals surface area contributed by atoms with Crippen molar-refractivity contribution in [2.75, 3.05) is 18.1 Å². The van der Waals surface area contributed by atoms with Crippen molar-refractivity contribution in [1.29, 1.82) is 0 Å². The lowest BCUT2D eigenvalue weighted by Gasteiger charge is -2.29. The van der Waals surface area contributed by atoms with E-state index in [0.29, 0.717) is 18.5 Å². The molecule has 1 fully saturated rings. The number of hydrogen-bond acceptors (Lipinski definition) is 6. The maximum Gasteiger partial charge on any atom is 0.311 e. The molecule has 0 radical (unpaired) electrons. The molecule has 0 spiro atoms. The third-order valence-electron chi connectivity index (χ3n) is 4.24. The van der Waals surface area contributed by atoms with Crippen LogP contribution in [0.5, 0.6) is 5.75 Å². The molecule has 2 rings (SSSR count). The first-order valence-corrected chi connectivity index (χ1v) is 9.89. The molecule has 0 bridgehead atoms. The van der Waals surface area contributed by atoms with Gasteiger partial charge in [-0.3, -0.25) is 14.9 Å². The molecular weight excluding hydrogens is 348 g/mol. The molecule has 0 N–H and O–H groups in total. The van der Waals surface area contributed by atoms with Crippen LogP contribution in [-0.4, -0.2) is 54.3 Å². The summed E-state index contributed by atoms with van der Waals surface area (Å²) in [7, 11) is -3.12. The summed E-state index contributed by atoms with van der Waals surface area (Å²) in [5.74, 6) is -0.338. The standard InChI is InChI=1S/C16H22N2O6S/c1-4-17(13-7-8-25(22,23)10-13)16(19)12(3)24-15-6-5-11(2)9-14(15)18(20)21/h5-6,9,12-13H,4,7-8,10H2,1-3H3/t12-,13+/m0/s1. The van der Waals surface area contributed by atoms with Crippen LogP contribution >= 0.6 is 0 Å². The smallest absolute Gasteiger partial charge is 0.311 e. The number of aryl methyl sites for hydroxylation is 1. The van der Waals surface area contributed by atoms with Crippen LogP contribution in [0.25, 0.3) is 0 Å². The van der Waals surface area contributed by atoms with Crippen LogP contribution in [0, 0.1) is 17.0 Å². The maximum atomic E-state index is 12.7. The Labute approximate surface area is 146 Å². The number of hydrogen-bond donors (Lipinski definition) is 0. The van der Waals surface area contributed by atoms with Crippen LogP contribution in [0.15, 0.2) is 18.2 Å². The molecule has 2 atom stereocenters. The van der Waals surface area contributed by atoms with Crippen molar-refractivity contribution >= 4 is 21.4 Å². The second-order valence-electron chi connectivity index (χ2n) is 6.17. The Morgan fingerprint density at radius 2 is 2.16 bits per heavy atom. The van der Waals surface area contributed by atoms with Crippen molar-refractivity contribution in [3.63, 3.8) is 0 Å².